The third kappa shape index (κ3) is 4.68. The Balaban J connectivity index is 1.29. The molecule has 30 heavy (non-hydrogen) atoms. The summed E-state index contributed by atoms with van der Waals surface area (Å²) in [4.78, 5) is 14.8. The minimum Gasteiger partial charge on any atom is -0.272 e. The maximum atomic E-state index is 4.96. The number of hydrogen-bond donors (Lipinski definition) is 0. The van der Waals surface area contributed by atoms with Crippen LogP contribution in [0.5, 0.6) is 0 Å². The number of thioether (sulfide) groups is 2. The lowest BCUT2D eigenvalue weighted by atomic mass is 10.1. The Labute approximate surface area is 186 Å². The molecule has 0 saturated carbocycles. The van der Waals surface area contributed by atoms with Crippen molar-refractivity contribution in [2.75, 3.05) is 11.5 Å². The summed E-state index contributed by atoms with van der Waals surface area (Å²) in [5, 5.41) is 2.12. The molecule has 2 aliphatic heterocycles. The molecule has 0 amide bonds. The summed E-state index contributed by atoms with van der Waals surface area (Å²) in [6.07, 6.45) is 1.97. The summed E-state index contributed by atoms with van der Waals surface area (Å²) < 4.78 is 0. The molecular weight excluding hydrogens is 406 g/mol. The highest BCUT2D eigenvalue weighted by molar-refractivity contribution is 8.15. The first kappa shape index (κ1) is 19.6. The van der Waals surface area contributed by atoms with Crippen molar-refractivity contribution < 1.29 is 0 Å². The van der Waals surface area contributed by atoms with Gasteiger partial charge in [0.15, 0.2) is 0 Å². The topological polar surface area (TPSA) is 37.6 Å². The van der Waals surface area contributed by atoms with Gasteiger partial charge in [0.05, 0.1) is 23.5 Å². The third-order valence-corrected chi connectivity index (χ3v) is 7.52. The van der Waals surface area contributed by atoms with Gasteiger partial charge in [-0.3, -0.25) is 9.98 Å². The van der Waals surface area contributed by atoms with E-state index in [9.17, 15) is 0 Å². The van der Waals surface area contributed by atoms with Crippen LogP contribution in [-0.2, 0) is 12.8 Å². The number of nitrogens with zero attached hydrogens (tertiary/aromatic N) is 3. The second-order valence-electron chi connectivity index (χ2n) is 7.59. The molecule has 0 radical (unpaired) electrons. The summed E-state index contributed by atoms with van der Waals surface area (Å²) in [7, 11) is 0. The molecule has 5 heteroatoms. The van der Waals surface area contributed by atoms with Gasteiger partial charge >= 0.3 is 0 Å². The van der Waals surface area contributed by atoms with Crippen LogP contribution in [0.25, 0.3) is 0 Å². The molecule has 3 heterocycles. The second-order valence-corrected chi connectivity index (χ2v) is 9.60. The Morgan fingerprint density at radius 1 is 0.600 bits per heavy atom. The molecule has 3 nitrogen and oxygen atoms in total. The SMILES string of the molecule is c1ccc(CC2CSC(c3cccc(C4=NC(Cc5ccccc5)CS4)n3)=N2)cc1. The molecule has 2 atom stereocenters. The molecule has 1 aromatic heterocycles. The Morgan fingerprint density at radius 2 is 1.07 bits per heavy atom. The van der Waals surface area contributed by atoms with Crippen LogP contribution in [0.1, 0.15) is 22.5 Å². The zero-order chi connectivity index (χ0) is 20.2. The Hall–Kier alpha value is -2.37. The summed E-state index contributed by atoms with van der Waals surface area (Å²) in [6, 6.07) is 28.1. The van der Waals surface area contributed by atoms with E-state index in [1.165, 1.54) is 11.1 Å². The number of aliphatic imine (C=N–C) groups is 2. The quantitative estimate of drug-likeness (QED) is 0.534. The maximum absolute atomic E-state index is 4.96. The van der Waals surface area contributed by atoms with Crippen LogP contribution in [0.3, 0.4) is 0 Å². The number of pyridine rings is 1. The fourth-order valence-corrected chi connectivity index (χ4v) is 5.82. The lowest BCUT2D eigenvalue weighted by molar-refractivity contribution is 0.762. The molecule has 0 aliphatic carbocycles. The third-order valence-electron chi connectivity index (χ3n) is 5.24. The van der Waals surface area contributed by atoms with E-state index in [2.05, 4.69) is 78.9 Å². The predicted octanol–water partition coefficient (Wildman–Crippen LogP) is 5.29. The summed E-state index contributed by atoms with van der Waals surface area (Å²) in [5.41, 5.74) is 4.64. The molecule has 3 aromatic rings. The Morgan fingerprint density at radius 3 is 1.53 bits per heavy atom. The van der Waals surface area contributed by atoms with Crippen molar-refractivity contribution in [2.45, 2.75) is 24.9 Å². The summed E-state index contributed by atoms with van der Waals surface area (Å²) >= 11 is 3.63. The molecule has 5 rings (SSSR count). The molecule has 0 fully saturated rings. The van der Waals surface area contributed by atoms with E-state index < -0.39 is 0 Å². The fourth-order valence-electron chi connectivity index (χ4n) is 3.77. The molecular formula is C25H23N3S2. The standard InChI is InChI=1S/C25H23N3S2/c1-3-8-18(9-4-1)14-20-16-29-24(26-20)22-12-7-13-23(28-22)25-27-21(17-30-25)15-19-10-5-2-6-11-19/h1-13,20-21H,14-17H2. The highest BCUT2D eigenvalue weighted by Gasteiger charge is 2.23. The van der Waals surface area contributed by atoms with Crippen LogP contribution >= 0.6 is 23.5 Å². The van der Waals surface area contributed by atoms with Gasteiger partial charge in [-0.1, -0.05) is 66.7 Å². The van der Waals surface area contributed by atoms with Crippen LogP contribution in [0.2, 0.25) is 0 Å². The Bertz CT molecular complexity index is 981. The molecule has 150 valence electrons. The van der Waals surface area contributed by atoms with E-state index in [1.807, 2.05) is 23.5 Å². The largest absolute Gasteiger partial charge is 0.272 e. The van der Waals surface area contributed by atoms with Crippen molar-refractivity contribution in [3.8, 4) is 0 Å². The van der Waals surface area contributed by atoms with Crippen molar-refractivity contribution in [3.05, 3.63) is 101 Å². The lowest BCUT2D eigenvalue weighted by Crippen LogP contribution is -2.08. The van der Waals surface area contributed by atoms with Gasteiger partial charge in [0.25, 0.3) is 0 Å². The van der Waals surface area contributed by atoms with Crippen LogP contribution in [0, 0.1) is 0 Å². The highest BCUT2D eigenvalue weighted by Crippen LogP contribution is 2.27. The van der Waals surface area contributed by atoms with Gasteiger partial charge in [0.1, 0.15) is 10.1 Å². The lowest BCUT2D eigenvalue weighted by Gasteiger charge is -2.05. The first-order valence-corrected chi connectivity index (χ1v) is 12.3. The summed E-state index contributed by atoms with van der Waals surface area (Å²) in [6.45, 7) is 0. The van der Waals surface area contributed by atoms with Gasteiger partial charge in [0, 0.05) is 11.5 Å². The van der Waals surface area contributed by atoms with E-state index in [4.69, 9.17) is 15.0 Å². The number of hydrogen-bond acceptors (Lipinski definition) is 5. The number of benzene rings is 2. The molecule has 2 aliphatic rings. The van der Waals surface area contributed by atoms with Crippen molar-refractivity contribution in [1.82, 2.24) is 4.98 Å². The molecule has 0 saturated heterocycles. The molecule has 0 N–H and O–H groups in total. The summed E-state index contributed by atoms with van der Waals surface area (Å²) in [5.74, 6) is 2.04. The smallest absolute Gasteiger partial charge is 0.117 e. The molecule has 0 bridgehead atoms. The zero-order valence-corrected chi connectivity index (χ0v) is 18.3. The van der Waals surface area contributed by atoms with Gasteiger partial charge in [0.2, 0.25) is 0 Å². The van der Waals surface area contributed by atoms with Crippen molar-refractivity contribution >= 4 is 33.6 Å². The van der Waals surface area contributed by atoms with Crippen molar-refractivity contribution in [2.24, 2.45) is 9.98 Å². The monoisotopic (exact) mass is 429 g/mol. The van der Waals surface area contributed by atoms with Crippen molar-refractivity contribution in [1.29, 1.82) is 0 Å². The second kappa shape index (κ2) is 9.19. The first-order chi connectivity index (χ1) is 14.8. The maximum Gasteiger partial charge on any atom is 0.117 e. The minimum atomic E-state index is 0.325. The molecule has 2 unspecified atom stereocenters. The average molecular weight is 430 g/mol. The van der Waals surface area contributed by atoms with Gasteiger partial charge in [-0.25, -0.2) is 4.98 Å². The van der Waals surface area contributed by atoms with E-state index in [1.54, 1.807) is 0 Å². The van der Waals surface area contributed by atoms with Crippen LogP contribution in [0.15, 0.2) is 88.8 Å². The molecule has 2 aromatic carbocycles. The Kier molecular flexibility index (Phi) is 6.00. The predicted molar refractivity (Wildman–Crippen MR) is 130 cm³/mol. The highest BCUT2D eigenvalue weighted by atomic mass is 32.2. The van der Waals surface area contributed by atoms with Crippen LogP contribution in [0.4, 0.5) is 0 Å². The van der Waals surface area contributed by atoms with Gasteiger partial charge < -0.3 is 0 Å². The molecule has 0 spiro atoms. The number of rotatable bonds is 6. The zero-order valence-electron chi connectivity index (χ0n) is 16.6. The van der Waals surface area contributed by atoms with Gasteiger partial charge in [-0.05, 0) is 36.1 Å². The van der Waals surface area contributed by atoms with Crippen LogP contribution in [-0.4, -0.2) is 38.7 Å². The van der Waals surface area contributed by atoms with E-state index in [-0.39, 0.29) is 0 Å². The first-order valence-electron chi connectivity index (χ1n) is 10.3. The van der Waals surface area contributed by atoms with Crippen LogP contribution < -0.4 is 0 Å². The average Bonchev–Trinajstić information content (AvgIpc) is 3.45. The minimum absolute atomic E-state index is 0.325. The fraction of sp³-hybridized carbons (Fsp3) is 0.240. The van der Waals surface area contributed by atoms with E-state index in [0.29, 0.717) is 12.1 Å². The van der Waals surface area contributed by atoms with E-state index in [0.717, 1.165) is 45.8 Å². The van der Waals surface area contributed by atoms with Gasteiger partial charge in [-0.15, -0.1) is 23.5 Å². The van der Waals surface area contributed by atoms with E-state index >= 15 is 0 Å². The normalized spacial score (nSPS) is 20.8. The van der Waals surface area contributed by atoms with Gasteiger partial charge in [-0.2, -0.15) is 0 Å². The number of aromatic nitrogens is 1. The van der Waals surface area contributed by atoms with Crippen molar-refractivity contribution in [3.63, 3.8) is 0 Å².